The fourth-order valence-corrected chi connectivity index (χ4v) is 3.78. The van der Waals surface area contributed by atoms with Crippen molar-refractivity contribution >= 4 is 0 Å². The zero-order valence-corrected chi connectivity index (χ0v) is 12.3. The van der Waals surface area contributed by atoms with Gasteiger partial charge in [0.2, 0.25) is 0 Å². The molecule has 2 N–H and O–H groups in total. The normalized spacial score (nSPS) is 35.5. The van der Waals surface area contributed by atoms with E-state index in [9.17, 15) is 5.11 Å². The lowest BCUT2D eigenvalue weighted by Gasteiger charge is -2.23. The highest BCUT2D eigenvalue weighted by molar-refractivity contribution is 4.95. The van der Waals surface area contributed by atoms with E-state index < -0.39 is 6.10 Å². The van der Waals surface area contributed by atoms with Crippen LogP contribution in [0.3, 0.4) is 0 Å². The van der Waals surface area contributed by atoms with Gasteiger partial charge in [-0.05, 0) is 38.6 Å². The predicted octanol–water partition coefficient (Wildman–Crippen LogP) is 0.369. The predicted molar refractivity (Wildman–Crippen MR) is 76.8 cm³/mol. The van der Waals surface area contributed by atoms with Crippen molar-refractivity contribution in [2.45, 2.75) is 56.4 Å². The van der Waals surface area contributed by atoms with Gasteiger partial charge in [0.05, 0.1) is 25.4 Å². The molecule has 3 heterocycles. The highest BCUT2D eigenvalue weighted by Crippen LogP contribution is 2.27. The molecular formula is C15H28N2O3. The molecule has 3 rings (SSSR count). The van der Waals surface area contributed by atoms with E-state index in [4.69, 9.17) is 9.47 Å². The minimum atomic E-state index is -0.410. The summed E-state index contributed by atoms with van der Waals surface area (Å²) in [7, 11) is 0. The van der Waals surface area contributed by atoms with Gasteiger partial charge in [-0.15, -0.1) is 0 Å². The maximum atomic E-state index is 9.98. The molecule has 0 spiro atoms. The standard InChI is InChI=1S/C15H28N2O3/c18-12(10-19-11-13-3-2-8-20-13)9-16-14-5-7-17-6-1-4-15(14)17/h12-16,18H,1-11H2. The first kappa shape index (κ1) is 14.7. The molecule has 20 heavy (non-hydrogen) atoms. The summed E-state index contributed by atoms with van der Waals surface area (Å²) in [5.74, 6) is 0. The number of hydrogen-bond acceptors (Lipinski definition) is 5. The number of aliphatic hydroxyl groups excluding tert-OH is 1. The Morgan fingerprint density at radius 1 is 1.25 bits per heavy atom. The Bertz CT molecular complexity index is 297. The van der Waals surface area contributed by atoms with Gasteiger partial charge in [0.15, 0.2) is 0 Å². The maximum Gasteiger partial charge on any atom is 0.0897 e. The molecule has 0 amide bonds. The number of hydrogen-bond donors (Lipinski definition) is 2. The molecule has 3 saturated heterocycles. The van der Waals surface area contributed by atoms with Gasteiger partial charge in [-0.3, -0.25) is 4.90 Å². The second-order valence-electron chi connectivity index (χ2n) is 6.38. The lowest BCUT2D eigenvalue weighted by molar-refractivity contribution is -0.0170. The number of fused-ring (bicyclic) bond motifs is 1. The fraction of sp³-hybridized carbons (Fsp3) is 1.00. The summed E-state index contributed by atoms with van der Waals surface area (Å²) in [4.78, 5) is 2.58. The van der Waals surface area contributed by atoms with Crippen molar-refractivity contribution in [3.8, 4) is 0 Å². The third-order valence-corrected chi connectivity index (χ3v) is 4.86. The van der Waals surface area contributed by atoms with Gasteiger partial charge in [0.1, 0.15) is 0 Å². The molecule has 0 aromatic rings. The third-order valence-electron chi connectivity index (χ3n) is 4.86. The van der Waals surface area contributed by atoms with Gasteiger partial charge in [0, 0.05) is 31.8 Å². The van der Waals surface area contributed by atoms with Crippen LogP contribution >= 0.6 is 0 Å². The van der Waals surface area contributed by atoms with Crippen LogP contribution in [0.15, 0.2) is 0 Å². The molecule has 4 unspecified atom stereocenters. The van der Waals surface area contributed by atoms with Gasteiger partial charge in [-0.1, -0.05) is 0 Å². The minimum absolute atomic E-state index is 0.247. The van der Waals surface area contributed by atoms with E-state index >= 15 is 0 Å². The lowest BCUT2D eigenvalue weighted by atomic mass is 10.1. The molecule has 4 atom stereocenters. The van der Waals surface area contributed by atoms with E-state index in [1.165, 1.54) is 32.4 Å². The van der Waals surface area contributed by atoms with Crippen LogP contribution in [-0.2, 0) is 9.47 Å². The highest BCUT2D eigenvalue weighted by atomic mass is 16.5. The van der Waals surface area contributed by atoms with E-state index in [0.29, 0.717) is 31.8 Å². The first-order valence-electron chi connectivity index (χ1n) is 8.18. The second kappa shape index (κ2) is 7.18. The van der Waals surface area contributed by atoms with Gasteiger partial charge in [0.25, 0.3) is 0 Å². The van der Waals surface area contributed by atoms with Crippen LogP contribution in [0.5, 0.6) is 0 Å². The Hall–Kier alpha value is -0.200. The van der Waals surface area contributed by atoms with Crippen molar-refractivity contribution in [1.82, 2.24) is 10.2 Å². The second-order valence-corrected chi connectivity index (χ2v) is 6.38. The average molecular weight is 284 g/mol. The summed E-state index contributed by atoms with van der Waals surface area (Å²) in [6.07, 6.45) is 5.92. The highest BCUT2D eigenvalue weighted by Gasteiger charge is 2.36. The molecule has 5 heteroatoms. The zero-order chi connectivity index (χ0) is 13.8. The van der Waals surface area contributed by atoms with E-state index in [1.807, 2.05) is 0 Å². The van der Waals surface area contributed by atoms with Crippen LogP contribution in [0.1, 0.15) is 32.1 Å². The van der Waals surface area contributed by atoms with E-state index in [1.54, 1.807) is 0 Å². The topological polar surface area (TPSA) is 54.0 Å². The number of nitrogens with one attached hydrogen (secondary N) is 1. The Kier molecular flexibility index (Phi) is 5.29. The number of aliphatic hydroxyl groups is 1. The monoisotopic (exact) mass is 284 g/mol. The summed E-state index contributed by atoms with van der Waals surface area (Å²) in [6, 6.07) is 1.26. The Morgan fingerprint density at radius 2 is 2.20 bits per heavy atom. The zero-order valence-electron chi connectivity index (χ0n) is 12.3. The molecule has 3 aliphatic rings. The molecule has 3 fully saturated rings. The molecule has 0 saturated carbocycles. The van der Waals surface area contributed by atoms with Crippen LogP contribution in [0.2, 0.25) is 0 Å². The van der Waals surface area contributed by atoms with Crippen molar-refractivity contribution in [1.29, 1.82) is 0 Å². The summed E-state index contributed by atoms with van der Waals surface area (Å²) >= 11 is 0. The molecular weight excluding hydrogens is 256 g/mol. The van der Waals surface area contributed by atoms with Crippen molar-refractivity contribution in [2.24, 2.45) is 0 Å². The van der Waals surface area contributed by atoms with Crippen molar-refractivity contribution in [3.05, 3.63) is 0 Å². The van der Waals surface area contributed by atoms with E-state index in [0.717, 1.165) is 19.4 Å². The first-order valence-corrected chi connectivity index (χ1v) is 8.18. The fourth-order valence-electron chi connectivity index (χ4n) is 3.78. The summed E-state index contributed by atoms with van der Waals surface area (Å²) in [5, 5.41) is 13.5. The molecule has 0 aromatic carbocycles. The van der Waals surface area contributed by atoms with Crippen molar-refractivity contribution in [3.63, 3.8) is 0 Å². The molecule has 116 valence electrons. The quantitative estimate of drug-likeness (QED) is 0.707. The first-order chi connectivity index (χ1) is 9.83. The van der Waals surface area contributed by atoms with Crippen LogP contribution < -0.4 is 5.32 Å². The Balaban J connectivity index is 1.28. The molecule has 0 aromatic heterocycles. The summed E-state index contributed by atoms with van der Waals surface area (Å²) in [6.45, 7) is 5.01. The van der Waals surface area contributed by atoms with Crippen LogP contribution in [0.4, 0.5) is 0 Å². The van der Waals surface area contributed by atoms with Crippen molar-refractivity contribution < 1.29 is 14.6 Å². The molecule has 5 nitrogen and oxygen atoms in total. The Morgan fingerprint density at radius 3 is 3.05 bits per heavy atom. The maximum absolute atomic E-state index is 9.98. The Labute approximate surface area is 121 Å². The minimum Gasteiger partial charge on any atom is -0.389 e. The van der Waals surface area contributed by atoms with Gasteiger partial charge in [-0.2, -0.15) is 0 Å². The lowest BCUT2D eigenvalue weighted by Crippen LogP contribution is -2.43. The van der Waals surface area contributed by atoms with Crippen LogP contribution in [-0.4, -0.2) is 73.8 Å². The van der Waals surface area contributed by atoms with Crippen LogP contribution in [0, 0.1) is 0 Å². The molecule has 0 aliphatic carbocycles. The third kappa shape index (κ3) is 3.71. The van der Waals surface area contributed by atoms with Gasteiger partial charge < -0.3 is 19.9 Å². The molecule has 0 bridgehead atoms. The number of rotatable bonds is 7. The number of ether oxygens (including phenoxy) is 2. The van der Waals surface area contributed by atoms with Crippen LogP contribution in [0.25, 0.3) is 0 Å². The summed E-state index contributed by atoms with van der Waals surface area (Å²) in [5.41, 5.74) is 0. The average Bonchev–Trinajstić information content (AvgIpc) is 3.14. The van der Waals surface area contributed by atoms with E-state index in [2.05, 4.69) is 10.2 Å². The largest absolute Gasteiger partial charge is 0.389 e. The van der Waals surface area contributed by atoms with Gasteiger partial charge in [-0.25, -0.2) is 0 Å². The van der Waals surface area contributed by atoms with Crippen molar-refractivity contribution in [2.75, 3.05) is 39.5 Å². The summed E-state index contributed by atoms with van der Waals surface area (Å²) < 4.78 is 11.1. The van der Waals surface area contributed by atoms with E-state index in [-0.39, 0.29) is 6.10 Å². The smallest absolute Gasteiger partial charge is 0.0897 e. The van der Waals surface area contributed by atoms with Gasteiger partial charge >= 0.3 is 0 Å². The molecule has 0 radical (unpaired) electrons. The number of nitrogens with zero attached hydrogens (tertiary/aromatic N) is 1. The SMILES string of the molecule is OC(CNC1CCN2CCCC12)COCC1CCCO1. The molecule has 3 aliphatic heterocycles.